The molecule has 0 saturated heterocycles. The second-order valence-corrected chi connectivity index (χ2v) is 8.61. The summed E-state index contributed by atoms with van der Waals surface area (Å²) >= 11 is 0. The standard InChI is InChI=1S/C26H25F6NO7/c1-6-40-23(35)33-13(2)7-18(17-11-20(37-3)21(38-4)12-19(17)33)24(36,22(34)39-5)14-8-15(25(27,28)29)10-16(9-14)26(30,31)32/h7-13,36H,6H2,1-5H3. The number of hydrogen-bond donors (Lipinski definition) is 1. The molecule has 8 nitrogen and oxygen atoms in total. The van der Waals surface area contributed by atoms with E-state index in [1.165, 1.54) is 33.3 Å². The third kappa shape index (κ3) is 5.40. The number of alkyl halides is 6. The van der Waals surface area contributed by atoms with Crippen molar-refractivity contribution in [3.8, 4) is 11.5 Å². The Morgan fingerprint density at radius 2 is 1.38 bits per heavy atom. The Labute approximate surface area is 224 Å². The molecule has 2 aromatic carbocycles. The highest BCUT2D eigenvalue weighted by Crippen LogP contribution is 2.50. The molecule has 0 aromatic heterocycles. The van der Waals surface area contributed by atoms with Gasteiger partial charge in [-0.3, -0.25) is 4.90 Å². The fourth-order valence-corrected chi connectivity index (χ4v) is 4.38. The van der Waals surface area contributed by atoms with Crippen LogP contribution in [-0.2, 0) is 32.2 Å². The zero-order valence-corrected chi connectivity index (χ0v) is 21.9. The average molecular weight is 577 g/mol. The first-order valence-electron chi connectivity index (χ1n) is 11.6. The average Bonchev–Trinajstić information content (AvgIpc) is 2.89. The summed E-state index contributed by atoms with van der Waals surface area (Å²) in [4.78, 5) is 27.1. The molecule has 1 aliphatic heterocycles. The molecular formula is C26H25F6NO7. The quantitative estimate of drug-likeness (QED) is 0.356. The number of carbonyl (C=O) groups excluding carboxylic acids is 2. The first kappa shape index (κ1) is 30.6. The number of esters is 1. The highest BCUT2D eigenvalue weighted by atomic mass is 19.4. The molecule has 2 unspecified atom stereocenters. The van der Waals surface area contributed by atoms with Gasteiger partial charge in [-0.2, -0.15) is 26.3 Å². The Hall–Kier alpha value is -3.94. The normalized spacial score (nSPS) is 16.9. The van der Waals surface area contributed by atoms with Crippen LogP contribution >= 0.6 is 0 Å². The largest absolute Gasteiger partial charge is 0.493 e. The number of nitrogens with zero attached hydrogens (tertiary/aromatic N) is 1. The predicted octanol–water partition coefficient (Wildman–Crippen LogP) is 5.55. The molecular weight excluding hydrogens is 552 g/mol. The van der Waals surface area contributed by atoms with Gasteiger partial charge < -0.3 is 24.1 Å². The monoisotopic (exact) mass is 577 g/mol. The first-order chi connectivity index (χ1) is 18.5. The van der Waals surface area contributed by atoms with Crippen LogP contribution < -0.4 is 14.4 Å². The van der Waals surface area contributed by atoms with E-state index in [2.05, 4.69) is 4.74 Å². The van der Waals surface area contributed by atoms with Gasteiger partial charge in [-0.05, 0) is 38.1 Å². The van der Waals surface area contributed by atoms with Crippen molar-refractivity contribution < 1.29 is 60.0 Å². The number of anilines is 1. The van der Waals surface area contributed by atoms with Crippen molar-refractivity contribution in [1.82, 2.24) is 0 Å². The van der Waals surface area contributed by atoms with Crippen LogP contribution in [0.4, 0.5) is 36.8 Å². The maximum absolute atomic E-state index is 13.7. The summed E-state index contributed by atoms with van der Waals surface area (Å²) < 4.78 is 102. The van der Waals surface area contributed by atoms with Crippen LogP contribution in [0.1, 0.15) is 36.1 Å². The van der Waals surface area contributed by atoms with Gasteiger partial charge in [0.2, 0.25) is 5.60 Å². The fourth-order valence-electron chi connectivity index (χ4n) is 4.38. The molecule has 1 N–H and O–H groups in total. The number of aliphatic hydroxyl groups is 1. The summed E-state index contributed by atoms with van der Waals surface area (Å²) in [5.41, 5.74) is -8.44. The molecule has 1 heterocycles. The highest BCUT2D eigenvalue weighted by molar-refractivity contribution is 6.04. The summed E-state index contributed by atoms with van der Waals surface area (Å²) in [6, 6.07) is 1.81. The minimum atomic E-state index is -5.27. The lowest BCUT2D eigenvalue weighted by Crippen LogP contribution is -2.45. The molecule has 2 aromatic rings. The van der Waals surface area contributed by atoms with Gasteiger partial charge >= 0.3 is 24.4 Å². The Morgan fingerprint density at radius 1 is 0.875 bits per heavy atom. The van der Waals surface area contributed by atoms with E-state index in [1.54, 1.807) is 6.92 Å². The molecule has 0 spiro atoms. The lowest BCUT2D eigenvalue weighted by molar-refractivity contribution is -0.158. The Kier molecular flexibility index (Phi) is 8.35. The minimum Gasteiger partial charge on any atom is -0.493 e. The number of rotatable bonds is 6. The van der Waals surface area contributed by atoms with Gasteiger partial charge in [0.15, 0.2) is 11.5 Å². The van der Waals surface area contributed by atoms with Gasteiger partial charge in [-0.25, -0.2) is 9.59 Å². The maximum Gasteiger partial charge on any atom is 0.416 e. The lowest BCUT2D eigenvalue weighted by Gasteiger charge is -2.38. The molecule has 14 heteroatoms. The SMILES string of the molecule is CCOC(=O)N1c2cc(OC)c(OC)cc2C(C(O)(C(=O)OC)c2cc(C(F)(F)F)cc(C(F)(F)F)c2)=CC1C. The van der Waals surface area contributed by atoms with E-state index in [4.69, 9.17) is 14.2 Å². The van der Waals surface area contributed by atoms with Crippen LogP contribution in [0.15, 0.2) is 36.4 Å². The van der Waals surface area contributed by atoms with Crippen LogP contribution in [0.5, 0.6) is 11.5 Å². The molecule has 0 bridgehead atoms. The topological polar surface area (TPSA) is 94.5 Å². The van der Waals surface area contributed by atoms with Gasteiger partial charge in [-0.15, -0.1) is 0 Å². The van der Waals surface area contributed by atoms with Crippen molar-refractivity contribution in [2.75, 3.05) is 32.8 Å². The van der Waals surface area contributed by atoms with Crippen LogP contribution in [0.2, 0.25) is 0 Å². The molecule has 40 heavy (non-hydrogen) atoms. The van der Waals surface area contributed by atoms with Gasteiger partial charge in [0, 0.05) is 22.8 Å². The van der Waals surface area contributed by atoms with E-state index in [9.17, 15) is 41.0 Å². The summed E-state index contributed by atoms with van der Waals surface area (Å²) in [5.74, 6) is -1.48. The second-order valence-electron chi connectivity index (χ2n) is 8.61. The van der Waals surface area contributed by atoms with Gasteiger partial charge in [-0.1, -0.05) is 6.08 Å². The third-order valence-electron chi connectivity index (χ3n) is 6.21. The molecule has 1 aliphatic rings. The third-order valence-corrected chi connectivity index (χ3v) is 6.21. The van der Waals surface area contributed by atoms with Crippen molar-refractivity contribution in [1.29, 1.82) is 0 Å². The van der Waals surface area contributed by atoms with E-state index in [-0.39, 0.29) is 47.6 Å². The fraction of sp³-hybridized carbons (Fsp3) is 0.385. The summed E-state index contributed by atoms with van der Waals surface area (Å²) in [5, 5.41) is 11.9. The van der Waals surface area contributed by atoms with E-state index >= 15 is 0 Å². The molecule has 0 fully saturated rings. The maximum atomic E-state index is 13.7. The Balaban J connectivity index is 2.45. The summed E-state index contributed by atoms with van der Waals surface area (Å²) in [6.07, 6.45) is -10.3. The lowest BCUT2D eigenvalue weighted by atomic mass is 9.77. The molecule has 218 valence electrons. The van der Waals surface area contributed by atoms with Crippen LogP contribution in [0, 0.1) is 0 Å². The van der Waals surface area contributed by atoms with Crippen molar-refractivity contribution in [3.05, 3.63) is 58.7 Å². The van der Waals surface area contributed by atoms with E-state index < -0.39 is 58.3 Å². The van der Waals surface area contributed by atoms with Crippen molar-refractivity contribution >= 4 is 23.3 Å². The number of fused-ring (bicyclic) bond motifs is 1. The van der Waals surface area contributed by atoms with Crippen LogP contribution in [0.3, 0.4) is 0 Å². The van der Waals surface area contributed by atoms with Crippen molar-refractivity contribution in [3.63, 3.8) is 0 Å². The Morgan fingerprint density at radius 3 is 1.82 bits per heavy atom. The van der Waals surface area contributed by atoms with Gasteiger partial charge in [0.25, 0.3) is 0 Å². The summed E-state index contributed by atoms with van der Waals surface area (Å²) in [7, 11) is 3.34. The molecule has 0 aliphatic carbocycles. The number of ether oxygens (including phenoxy) is 4. The van der Waals surface area contributed by atoms with Crippen LogP contribution in [0.25, 0.3) is 5.57 Å². The van der Waals surface area contributed by atoms with E-state index in [1.807, 2.05) is 0 Å². The number of amides is 1. The first-order valence-corrected chi connectivity index (χ1v) is 11.6. The molecule has 3 rings (SSSR count). The molecule has 0 radical (unpaired) electrons. The van der Waals surface area contributed by atoms with Crippen LogP contribution in [-0.4, -0.2) is 51.1 Å². The number of carbonyl (C=O) groups is 2. The van der Waals surface area contributed by atoms with E-state index in [0.717, 1.165) is 18.1 Å². The molecule has 0 saturated carbocycles. The van der Waals surface area contributed by atoms with Crippen molar-refractivity contribution in [2.45, 2.75) is 37.8 Å². The zero-order valence-electron chi connectivity index (χ0n) is 21.9. The van der Waals surface area contributed by atoms with E-state index in [0.29, 0.717) is 0 Å². The molecule has 2 atom stereocenters. The zero-order chi connectivity index (χ0) is 30.2. The highest BCUT2D eigenvalue weighted by Gasteiger charge is 2.50. The van der Waals surface area contributed by atoms with Gasteiger partial charge in [0.1, 0.15) is 0 Å². The Bertz CT molecular complexity index is 1310. The minimum absolute atomic E-state index is 0.0118. The number of methoxy groups -OCH3 is 3. The smallest absolute Gasteiger partial charge is 0.416 e. The number of halogens is 6. The number of benzene rings is 2. The summed E-state index contributed by atoms with van der Waals surface area (Å²) in [6.45, 7) is 2.95. The van der Waals surface area contributed by atoms with Crippen molar-refractivity contribution in [2.24, 2.45) is 0 Å². The molecule has 1 amide bonds. The van der Waals surface area contributed by atoms with Gasteiger partial charge in [0.05, 0.1) is 50.8 Å². The second kappa shape index (κ2) is 10.9. The predicted molar refractivity (Wildman–Crippen MR) is 129 cm³/mol. The number of hydrogen-bond acceptors (Lipinski definition) is 7.